The van der Waals surface area contributed by atoms with Crippen molar-refractivity contribution in [3.05, 3.63) is 0 Å². The molecular weight excluding hydrogens is 152 g/mol. The van der Waals surface area contributed by atoms with Crippen molar-refractivity contribution in [2.24, 2.45) is 0 Å². The first-order valence-corrected chi connectivity index (χ1v) is 3.43. The van der Waals surface area contributed by atoms with Crippen LogP contribution < -0.4 is 0 Å². The Bertz CT molecular complexity index is 126. The number of hydrogen-bond donors (Lipinski definition) is 4. The summed E-state index contributed by atoms with van der Waals surface area (Å²) in [5.41, 5.74) is 0. The summed E-state index contributed by atoms with van der Waals surface area (Å²) < 4.78 is 4.81. The van der Waals surface area contributed by atoms with E-state index in [1.165, 1.54) is 0 Å². The van der Waals surface area contributed by atoms with E-state index in [4.69, 9.17) is 25.2 Å². The summed E-state index contributed by atoms with van der Waals surface area (Å²) in [7, 11) is 0. The first-order valence-electron chi connectivity index (χ1n) is 3.43. The number of aliphatic hydroxyl groups excluding tert-OH is 4. The van der Waals surface area contributed by atoms with Crippen molar-refractivity contribution >= 4 is 0 Å². The third-order valence-corrected chi connectivity index (χ3v) is 1.79. The van der Waals surface area contributed by atoms with E-state index in [-0.39, 0.29) is 13.2 Å². The highest BCUT2D eigenvalue weighted by molar-refractivity contribution is 4.85. The summed E-state index contributed by atoms with van der Waals surface area (Å²) in [6.45, 7) is -0.408. The van der Waals surface area contributed by atoms with Gasteiger partial charge in [-0.2, -0.15) is 0 Å². The fourth-order valence-corrected chi connectivity index (χ4v) is 1.03. The summed E-state index contributed by atoms with van der Waals surface area (Å²) in [6, 6.07) is 0. The molecule has 0 aliphatic carbocycles. The highest BCUT2D eigenvalue weighted by atomic mass is 16.5. The van der Waals surface area contributed by atoms with Gasteiger partial charge in [0.1, 0.15) is 24.4 Å². The fourth-order valence-electron chi connectivity index (χ4n) is 1.03. The molecule has 0 radical (unpaired) electrons. The summed E-state index contributed by atoms with van der Waals surface area (Å²) >= 11 is 0. The average Bonchev–Trinajstić information content (AvgIpc) is 2.01. The van der Waals surface area contributed by atoms with Gasteiger partial charge in [0.15, 0.2) is 0 Å². The molecule has 1 aliphatic rings. The van der Waals surface area contributed by atoms with Crippen molar-refractivity contribution in [1.82, 2.24) is 0 Å². The van der Waals surface area contributed by atoms with Gasteiger partial charge < -0.3 is 25.2 Å². The molecule has 0 saturated carbocycles. The zero-order valence-corrected chi connectivity index (χ0v) is 5.92. The largest absolute Gasteiger partial charge is 0.394 e. The molecule has 2 unspecified atom stereocenters. The van der Waals surface area contributed by atoms with Crippen LogP contribution in [0.4, 0.5) is 0 Å². The zero-order valence-electron chi connectivity index (χ0n) is 5.92. The molecule has 1 rings (SSSR count). The monoisotopic (exact) mass is 164 g/mol. The van der Waals surface area contributed by atoms with Crippen molar-refractivity contribution < 1.29 is 25.2 Å². The first kappa shape index (κ1) is 8.89. The van der Waals surface area contributed by atoms with Crippen molar-refractivity contribution in [1.29, 1.82) is 0 Å². The Hall–Kier alpha value is -0.200. The molecule has 4 N–H and O–H groups in total. The zero-order chi connectivity index (χ0) is 8.43. The highest BCUT2D eigenvalue weighted by Crippen LogP contribution is 2.14. The van der Waals surface area contributed by atoms with Crippen LogP contribution in [0.5, 0.6) is 0 Å². The van der Waals surface area contributed by atoms with Gasteiger partial charge in [-0.15, -0.1) is 0 Å². The van der Waals surface area contributed by atoms with E-state index in [0.717, 1.165) is 0 Å². The molecule has 0 aromatic rings. The molecule has 5 nitrogen and oxygen atoms in total. The molecule has 0 spiro atoms. The van der Waals surface area contributed by atoms with E-state index in [1.54, 1.807) is 0 Å². The lowest BCUT2D eigenvalue weighted by Crippen LogP contribution is -2.53. The Morgan fingerprint density at radius 3 is 2.36 bits per heavy atom. The molecule has 1 fully saturated rings. The second-order valence-corrected chi connectivity index (χ2v) is 2.60. The Labute approximate surface area is 63.8 Å². The third kappa shape index (κ3) is 1.69. The molecule has 1 heterocycles. The average molecular weight is 164 g/mol. The van der Waals surface area contributed by atoms with E-state index < -0.39 is 24.4 Å². The number of rotatable bonds is 1. The molecule has 0 aromatic heterocycles. The molecule has 1 saturated heterocycles. The van der Waals surface area contributed by atoms with Crippen LogP contribution in [-0.4, -0.2) is 58.1 Å². The van der Waals surface area contributed by atoms with Gasteiger partial charge in [0.2, 0.25) is 0 Å². The number of ether oxygens (including phenoxy) is 1. The van der Waals surface area contributed by atoms with Gasteiger partial charge in [0.25, 0.3) is 0 Å². The lowest BCUT2D eigenvalue weighted by molar-refractivity contribution is -0.195. The van der Waals surface area contributed by atoms with Gasteiger partial charge in [-0.3, -0.25) is 0 Å². The number of aliphatic hydroxyl groups is 4. The molecule has 0 aromatic carbocycles. The van der Waals surface area contributed by atoms with Crippen LogP contribution in [0, 0.1) is 0 Å². The van der Waals surface area contributed by atoms with E-state index in [9.17, 15) is 0 Å². The van der Waals surface area contributed by atoms with Crippen LogP contribution in [-0.2, 0) is 4.74 Å². The van der Waals surface area contributed by atoms with Crippen molar-refractivity contribution in [3.63, 3.8) is 0 Å². The molecular formula is C6H12O5. The molecule has 66 valence electrons. The summed E-state index contributed by atoms with van der Waals surface area (Å²) in [6.07, 6.45) is -4.27. The van der Waals surface area contributed by atoms with Crippen molar-refractivity contribution in [2.45, 2.75) is 24.4 Å². The van der Waals surface area contributed by atoms with Gasteiger partial charge in [-0.05, 0) is 0 Å². The predicted molar refractivity (Wildman–Crippen MR) is 34.8 cm³/mol. The molecule has 1 aliphatic heterocycles. The maximum Gasteiger partial charge on any atom is 0.111 e. The van der Waals surface area contributed by atoms with Crippen LogP contribution in [0.25, 0.3) is 0 Å². The van der Waals surface area contributed by atoms with Crippen molar-refractivity contribution in [3.8, 4) is 0 Å². The topological polar surface area (TPSA) is 90.2 Å². The van der Waals surface area contributed by atoms with E-state index in [1.807, 2.05) is 0 Å². The minimum absolute atomic E-state index is 0.0521. The minimum Gasteiger partial charge on any atom is -0.394 e. The first-order chi connectivity index (χ1) is 5.16. The Balaban J connectivity index is 2.52. The second-order valence-electron chi connectivity index (χ2n) is 2.60. The van der Waals surface area contributed by atoms with Crippen molar-refractivity contribution in [2.75, 3.05) is 13.2 Å². The van der Waals surface area contributed by atoms with E-state index >= 15 is 0 Å². The summed E-state index contributed by atoms with van der Waals surface area (Å²) in [4.78, 5) is 0. The summed E-state index contributed by atoms with van der Waals surface area (Å²) in [5, 5.41) is 35.7. The van der Waals surface area contributed by atoms with E-state index in [2.05, 4.69) is 0 Å². The normalized spacial score (nSPS) is 45.8. The van der Waals surface area contributed by atoms with Crippen LogP contribution in [0.3, 0.4) is 0 Å². The number of hydrogen-bond acceptors (Lipinski definition) is 5. The van der Waals surface area contributed by atoms with Crippen LogP contribution in [0.2, 0.25) is 0 Å². The fraction of sp³-hybridized carbons (Fsp3) is 1.00. The Morgan fingerprint density at radius 2 is 1.82 bits per heavy atom. The van der Waals surface area contributed by atoms with Crippen LogP contribution in [0.1, 0.15) is 0 Å². The predicted octanol–water partition coefficient (Wildman–Crippen LogP) is -2.54. The van der Waals surface area contributed by atoms with Gasteiger partial charge in [0, 0.05) is 0 Å². The maximum absolute atomic E-state index is 9.11. The molecule has 4 atom stereocenters. The van der Waals surface area contributed by atoms with Gasteiger partial charge in [0.05, 0.1) is 13.2 Å². The van der Waals surface area contributed by atoms with E-state index in [0.29, 0.717) is 0 Å². The molecule has 11 heavy (non-hydrogen) atoms. The smallest absolute Gasteiger partial charge is 0.111 e. The molecule has 5 heteroatoms. The maximum atomic E-state index is 9.11. The second kappa shape index (κ2) is 3.46. The van der Waals surface area contributed by atoms with Gasteiger partial charge in [-0.25, -0.2) is 0 Å². The Morgan fingerprint density at radius 1 is 1.18 bits per heavy atom. The van der Waals surface area contributed by atoms with Crippen LogP contribution in [0.15, 0.2) is 0 Å². The highest BCUT2D eigenvalue weighted by Gasteiger charge is 2.36. The Kier molecular flexibility index (Phi) is 2.80. The van der Waals surface area contributed by atoms with Gasteiger partial charge in [-0.1, -0.05) is 0 Å². The van der Waals surface area contributed by atoms with Gasteiger partial charge >= 0.3 is 0 Å². The molecule has 0 bridgehead atoms. The lowest BCUT2D eigenvalue weighted by atomic mass is 10.0. The minimum atomic E-state index is -1.22. The third-order valence-electron chi connectivity index (χ3n) is 1.79. The quantitative estimate of drug-likeness (QED) is 0.343. The lowest BCUT2D eigenvalue weighted by Gasteiger charge is -2.34. The SMILES string of the molecule is OCC1OC[C@H](O)[C@@H](O)C1O. The molecule has 0 amide bonds. The standard InChI is InChI=1S/C6H12O5/c7-1-4-6(10)5(9)3(8)2-11-4/h3-10H,1-2H2/t3-,4?,5+,6?/m0/s1. The van der Waals surface area contributed by atoms with Crippen LogP contribution >= 0.6 is 0 Å². The summed E-state index contributed by atoms with van der Waals surface area (Å²) in [5.74, 6) is 0.